The number of carbonyl (C=O) groups is 1. The van der Waals surface area contributed by atoms with Crippen molar-refractivity contribution in [3.05, 3.63) is 59.7 Å². The van der Waals surface area contributed by atoms with E-state index in [-0.39, 0.29) is 11.8 Å². The summed E-state index contributed by atoms with van der Waals surface area (Å²) in [6.07, 6.45) is 3.14. The van der Waals surface area contributed by atoms with Crippen molar-refractivity contribution in [3.8, 4) is 11.5 Å². The van der Waals surface area contributed by atoms with Gasteiger partial charge in [-0.3, -0.25) is 4.79 Å². The molecule has 1 aliphatic heterocycles. The summed E-state index contributed by atoms with van der Waals surface area (Å²) in [5, 5.41) is 0. The number of hydrogen-bond donors (Lipinski definition) is 0. The second kappa shape index (κ2) is 8.75. The van der Waals surface area contributed by atoms with Crippen molar-refractivity contribution in [2.75, 3.05) is 26.8 Å². The topological polar surface area (TPSA) is 38.8 Å². The fraction of sp³-hybridized carbons (Fsp3) is 0.409. The monoisotopic (exact) mass is 353 g/mol. The summed E-state index contributed by atoms with van der Waals surface area (Å²) in [6.45, 7) is 3.86. The minimum atomic E-state index is -0.190. The van der Waals surface area contributed by atoms with Crippen LogP contribution in [0.15, 0.2) is 48.5 Å². The maximum absolute atomic E-state index is 12.7. The lowest BCUT2D eigenvalue weighted by molar-refractivity contribution is -0.131. The lowest BCUT2D eigenvalue weighted by Gasteiger charge is -2.23. The molecule has 0 bridgehead atoms. The summed E-state index contributed by atoms with van der Waals surface area (Å²) in [4.78, 5) is 14.6. The average molecular weight is 353 g/mol. The Morgan fingerprint density at radius 2 is 1.77 bits per heavy atom. The van der Waals surface area contributed by atoms with Gasteiger partial charge in [0.2, 0.25) is 5.91 Å². The van der Waals surface area contributed by atoms with Crippen LogP contribution in [0.5, 0.6) is 11.5 Å². The number of hydrogen-bond acceptors (Lipinski definition) is 3. The number of nitrogens with zero attached hydrogens (tertiary/aromatic N) is 1. The molecule has 1 heterocycles. The number of carbonyl (C=O) groups excluding carboxylic acids is 1. The van der Waals surface area contributed by atoms with Crippen molar-refractivity contribution in [1.29, 1.82) is 0 Å². The molecule has 0 N–H and O–H groups in total. The van der Waals surface area contributed by atoms with Crippen LogP contribution in [0.2, 0.25) is 0 Å². The van der Waals surface area contributed by atoms with Gasteiger partial charge in [0, 0.05) is 13.6 Å². The molecule has 0 fully saturated rings. The number of rotatable bonds is 7. The maximum atomic E-state index is 12.7. The Kier molecular flexibility index (Phi) is 6.16. The van der Waals surface area contributed by atoms with Gasteiger partial charge in [0.1, 0.15) is 13.2 Å². The first-order chi connectivity index (χ1) is 12.6. The van der Waals surface area contributed by atoms with Gasteiger partial charge < -0.3 is 14.4 Å². The molecular formula is C22H27NO3. The van der Waals surface area contributed by atoms with Crippen LogP contribution in [0, 0.1) is 0 Å². The van der Waals surface area contributed by atoms with E-state index in [0.29, 0.717) is 13.2 Å². The molecule has 0 aliphatic carbocycles. The van der Waals surface area contributed by atoms with Crippen LogP contribution in [-0.4, -0.2) is 37.6 Å². The zero-order chi connectivity index (χ0) is 18.4. The Morgan fingerprint density at radius 1 is 1.04 bits per heavy atom. The summed E-state index contributed by atoms with van der Waals surface area (Å²) in [5.74, 6) is 1.44. The van der Waals surface area contributed by atoms with Gasteiger partial charge in [-0.05, 0) is 49.4 Å². The highest BCUT2D eigenvalue weighted by Gasteiger charge is 2.21. The second-order valence-corrected chi connectivity index (χ2v) is 6.83. The molecule has 2 aromatic rings. The third-order valence-electron chi connectivity index (χ3n) is 4.86. The summed E-state index contributed by atoms with van der Waals surface area (Å²) in [7, 11) is 1.89. The molecule has 4 heteroatoms. The highest BCUT2D eigenvalue weighted by molar-refractivity contribution is 5.83. The number of unbranched alkanes of at least 4 members (excludes halogenated alkanes) is 1. The van der Waals surface area contributed by atoms with E-state index in [1.54, 1.807) is 0 Å². The molecule has 0 saturated heterocycles. The highest BCUT2D eigenvalue weighted by atomic mass is 16.6. The summed E-state index contributed by atoms with van der Waals surface area (Å²) in [6, 6.07) is 16.3. The molecule has 0 saturated carbocycles. The van der Waals surface area contributed by atoms with Crippen LogP contribution < -0.4 is 9.47 Å². The Morgan fingerprint density at radius 3 is 2.54 bits per heavy atom. The molecular weight excluding hydrogens is 326 g/mol. The standard InChI is InChI=1S/C22H27NO3/c1-17(19-11-12-20-21(16-19)26-15-14-25-20)22(24)23(2)13-7-6-10-18-8-4-3-5-9-18/h3-5,8-9,11-12,16-17H,6-7,10,13-15H2,1-2H3. The van der Waals surface area contributed by atoms with Gasteiger partial charge in [0.15, 0.2) is 11.5 Å². The minimum absolute atomic E-state index is 0.140. The van der Waals surface area contributed by atoms with E-state index in [2.05, 4.69) is 24.3 Å². The van der Waals surface area contributed by atoms with Gasteiger partial charge in [-0.1, -0.05) is 36.4 Å². The first-order valence-electron chi connectivity index (χ1n) is 9.33. The Balaban J connectivity index is 1.49. The molecule has 0 radical (unpaired) electrons. The molecule has 138 valence electrons. The molecule has 3 rings (SSSR count). The lowest BCUT2D eigenvalue weighted by atomic mass is 9.99. The van der Waals surface area contributed by atoms with E-state index < -0.39 is 0 Å². The van der Waals surface area contributed by atoms with E-state index in [1.165, 1.54) is 5.56 Å². The molecule has 0 aromatic heterocycles. The minimum Gasteiger partial charge on any atom is -0.486 e. The molecule has 26 heavy (non-hydrogen) atoms. The SMILES string of the molecule is CC(C(=O)N(C)CCCCc1ccccc1)c1ccc2c(c1)OCCO2. The Bertz CT molecular complexity index is 729. The quantitative estimate of drug-likeness (QED) is 0.705. The van der Waals surface area contributed by atoms with Crippen molar-refractivity contribution < 1.29 is 14.3 Å². The van der Waals surface area contributed by atoms with Gasteiger partial charge in [-0.2, -0.15) is 0 Å². The van der Waals surface area contributed by atoms with Crippen molar-refractivity contribution in [1.82, 2.24) is 4.90 Å². The molecule has 1 atom stereocenters. The van der Waals surface area contributed by atoms with Crippen molar-refractivity contribution in [2.45, 2.75) is 32.1 Å². The lowest BCUT2D eigenvalue weighted by Crippen LogP contribution is -2.31. The number of benzene rings is 2. The van der Waals surface area contributed by atoms with E-state index in [4.69, 9.17) is 9.47 Å². The number of ether oxygens (including phenoxy) is 2. The number of likely N-dealkylation sites (N-methyl/N-ethyl adjacent to an activating group) is 1. The maximum Gasteiger partial charge on any atom is 0.229 e. The average Bonchev–Trinajstić information content (AvgIpc) is 2.70. The zero-order valence-corrected chi connectivity index (χ0v) is 15.6. The van der Waals surface area contributed by atoms with Crippen LogP contribution in [0.25, 0.3) is 0 Å². The molecule has 0 spiro atoms. The number of aryl methyl sites for hydroxylation is 1. The van der Waals surface area contributed by atoms with E-state index in [1.807, 2.05) is 43.1 Å². The Labute approximate surface area is 155 Å². The molecule has 1 aliphatic rings. The smallest absolute Gasteiger partial charge is 0.229 e. The van der Waals surface area contributed by atoms with Gasteiger partial charge >= 0.3 is 0 Å². The van der Waals surface area contributed by atoms with Crippen molar-refractivity contribution in [3.63, 3.8) is 0 Å². The molecule has 2 aromatic carbocycles. The zero-order valence-electron chi connectivity index (χ0n) is 15.6. The van der Waals surface area contributed by atoms with Gasteiger partial charge in [0.25, 0.3) is 0 Å². The van der Waals surface area contributed by atoms with Crippen LogP contribution >= 0.6 is 0 Å². The summed E-state index contributed by atoms with van der Waals surface area (Å²) in [5.41, 5.74) is 2.32. The molecule has 1 amide bonds. The predicted octanol–water partition coefficient (Wildman–Crippen LogP) is 4.04. The van der Waals surface area contributed by atoms with Crippen LogP contribution in [-0.2, 0) is 11.2 Å². The largest absolute Gasteiger partial charge is 0.486 e. The van der Waals surface area contributed by atoms with E-state index in [9.17, 15) is 4.79 Å². The van der Waals surface area contributed by atoms with Gasteiger partial charge in [0.05, 0.1) is 5.92 Å². The fourth-order valence-corrected chi connectivity index (χ4v) is 3.24. The summed E-state index contributed by atoms with van der Waals surface area (Å²) >= 11 is 0. The van der Waals surface area contributed by atoms with E-state index >= 15 is 0 Å². The van der Waals surface area contributed by atoms with Gasteiger partial charge in [-0.15, -0.1) is 0 Å². The van der Waals surface area contributed by atoms with E-state index in [0.717, 1.165) is 42.9 Å². The normalized spacial score (nSPS) is 13.9. The summed E-state index contributed by atoms with van der Waals surface area (Å²) < 4.78 is 11.2. The number of fused-ring (bicyclic) bond motifs is 1. The second-order valence-electron chi connectivity index (χ2n) is 6.83. The Hall–Kier alpha value is -2.49. The predicted molar refractivity (Wildman–Crippen MR) is 103 cm³/mol. The first kappa shape index (κ1) is 18.3. The van der Waals surface area contributed by atoms with Crippen LogP contribution in [0.1, 0.15) is 36.8 Å². The van der Waals surface area contributed by atoms with Crippen molar-refractivity contribution in [2.24, 2.45) is 0 Å². The van der Waals surface area contributed by atoms with Crippen LogP contribution in [0.4, 0.5) is 0 Å². The number of amides is 1. The van der Waals surface area contributed by atoms with Crippen LogP contribution in [0.3, 0.4) is 0 Å². The first-order valence-corrected chi connectivity index (χ1v) is 9.33. The third kappa shape index (κ3) is 4.57. The van der Waals surface area contributed by atoms with Crippen molar-refractivity contribution >= 4 is 5.91 Å². The molecule has 1 unspecified atom stereocenters. The fourth-order valence-electron chi connectivity index (χ4n) is 3.24. The third-order valence-corrected chi connectivity index (χ3v) is 4.86. The molecule has 4 nitrogen and oxygen atoms in total. The van der Waals surface area contributed by atoms with Gasteiger partial charge in [-0.25, -0.2) is 0 Å². The highest BCUT2D eigenvalue weighted by Crippen LogP contribution is 2.33.